The lowest BCUT2D eigenvalue weighted by Crippen LogP contribution is -2.33. The van der Waals surface area contributed by atoms with Gasteiger partial charge in [0.2, 0.25) is 0 Å². The lowest BCUT2D eigenvalue weighted by molar-refractivity contribution is -0.120. The number of carbonyl (C=O) groups is 2. The number of amides is 2. The molecule has 0 spiro atoms. The molecule has 1 fully saturated rings. The molecule has 5 rings (SSSR count). The van der Waals surface area contributed by atoms with E-state index in [0.717, 1.165) is 24.7 Å². The number of rotatable bonds is 6. The highest BCUT2D eigenvalue weighted by Gasteiger charge is 2.41. The van der Waals surface area contributed by atoms with E-state index in [1.807, 2.05) is 48.5 Å². The second-order valence-corrected chi connectivity index (χ2v) is 9.08. The average Bonchev–Trinajstić information content (AvgIpc) is 3.14. The van der Waals surface area contributed by atoms with Gasteiger partial charge in [0.25, 0.3) is 11.8 Å². The maximum absolute atomic E-state index is 13.6. The Morgan fingerprint density at radius 1 is 0.829 bits per heavy atom. The van der Waals surface area contributed by atoms with Gasteiger partial charge in [-0.15, -0.1) is 0 Å². The molecule has 0 aromatic heterocycles. The Morgan fingerprint density at radius 2 is 1.49 bits per heavy atom. The first-order valence-corrected chi connectivity index (χ1v) is 12.0. The first-order chi connectivity index (χ1) is 17.1. The molecule has 3 aromatic carbocycles. The van der Waals surface area contributed by atoms with E-state index < -0.39 is 5.91 Å². The molecule has 2 aliphatic rings. The van der Waals surface area contributed by atoms with Crippen molar-refractivity contribution in [2.75, 3.05) is 35.3 Å². The number of anilines is 3. The molecule has 2 amide bonds. The number of methoxy groups -OCH3 is 1. The second-order valence-electron chi connectivity index (χ2n) is 9.08. The summed E-state index contributed by atoms with van der Waals surface area (Å²) in [5.41, 5.74) is 3.63. The van der Waals surface area contributed by atoms with E-state index in [0.29, 0.717) is 22.6 Å². The first-order valence-electron chi connectivity index (χ1n) is 12.0. The number of nitrogens with one attached hydrogen (secondary N) is 1. The fourth-order valence-corrected chi connectivity index (χ4v) is 4.72. The fourth-order valence-electron chi connectivity index (χ4n) is 4.72. The van der Waals surface area contributed by atoms with E-state index in [-0.39, 0.29) is 11.6 Å². The van der Waals surface area contributed by atoms with Crippen LogP contribution < -0.4 is 19.9 Å². The zero-order chi connectivity index (χ0) is 24.4. The minimum Gasteiger partial charge on any atom is -0.495 e. The summed E-state index contributed by atoms with van der Waals surface area (Å²) in [6, 6.07) is 24.4. The summed E-state index contributed by atoms with van der Waals surface area (Å²) in [6.07, 6.45) is 2.39. The van der Waals surface area contributed by atoms with Crippen LogP contribution in [0.4, 0.5) is 17.1 Å². The zero-order valence-corrected chi connectivity index (χ0v) is 20.0. The molecule has 3 aromatic rings. The summed E-state index contributed by atoms with van der Waals surface area (Å²) in [5.74, 6) is 0.440. The Balaban J connectivity index is 1.48. The first kappa shape index (κ1) is 22.7. The van der Waals surface area contributed by atoms with Crippen LogP contribution >= 0.6 is 0 Å². The number of ether oxygens (including phenoxy) is 1. The van der Waals surface area contributed by atoms with Crippen LogP contribution in [-0.4, -0.2) is 32.0 Å². The second kappa shape index (κ2) is 9.66. The molecule has 6 heteroatoms. The van der Waals surface area contributed by atoms with Gasteiger partial charge in [-0.05, 0) is 60.7 Å². The zero-order valence-electron chi connectivity index (χ0n) is 20.0. The van der Waals surface area contributed by atoms with Crippen molar-refractivity contribution in [2.24, 2.45) is 5.92 Å². The fraction of sp³-hybridized carbons (Fsp3) is 0.241. The number of hydrogen-bond acceptors (Lipinski definition) is 5. The van der Waals surface area contributed by atoms with Crippen LogP contribution in [0, 0.1) is 5.92 Å². The third kappa shape index (κ3) is 4.39. The highest BCUT2D eigenvalue weighted by molar-refractivity contribution is 6.46. The monoisotopic (exact) mass is 467 g/mol. The van der Waals surface area contributed by atoms with E-state index in [1.165, 1.54) is 30.5 Å². The molecule has 0 unspecified atom stereocenters. The van der Waals surface area contributed by atoms with E-state index >= 15 is 0 Å². The topological polar surface area (TPSA) is 61.9 Å². The molecule has 178 valence electrons. The largest absolute Gasteiger partial charge is 0.495 e. The van der Waals surface area contributed by atoms with Gasteiger partial charge in [0.1, 0.15) is 11.4 Å². The standard InChI is InChI=1S/C29H29N3O3/c1-20-16-18-31(19-17-20)23-14-12-22(13-15-23)30-27-26(21-8-4-3-5-9-21)28(33)32(29(27)34)24-10-6-7-11-25(24)35-2/h3-15,20,30H,16-19H2,1-2H3. The average molecular weight is 468 g/mol. The molecule has 0 radical (unpaired) electrons. The molecular weight excluding hydrogens is 438 g/mol. The highest BCUT2D eigenvalue weighted by atomic mass is 16.5. The quantitative estimate of drug-likeness (QED) is 0.497. The van der Waals surface area contributed by atoms with Crippen molar-refractivity contribution in [3.05, 3.63) is 90.1 Å². The van der Waals surface area contributed by atoms with Gasteiger partial charge in [-0.3, -0.25) is 9.59 Å². The van der Waals surface area contributed by atoms with E-state index in [4.69, 9.17) is 4.74 Å². The van der Waals surface area contributed by atoms with Gasteiger partial charge in [-0.1, -0.05) is 49.4 Å². The predicted octanol–water partition coefficient (Wildman–Crippen LogP) is 5.33. The molecule has 1 N–H and O–H groups in total. The number of piperidine rings is 1. The van der Waals surface area contributed by atoms with Gasteiger partial charge in [0, 0.05) is 24.5 Å². The molecule has 35 heavy (non-hydrogen) atoms. The number of imide groups is 1. The molecule has 0 saturated carbocycles. The van der Waals surface area contributed by atoms with Crippen molar-refractivity contribution in [1.29, 1.82) is 0 Å². The van der Waals surface area contributed by atoms with Crippen molar-refractivity contribution in [3.8, 4) is 5.75 Å². The van der Waals surface area contributed by atoms with Gasteiger partial charge in [-0.2, -0.15) is 0 Å². The molecule has 6 nitrogen and oxygen atoms in total. The third-order valence-corrected chi connectivity index (χ3v) is 6.76. The SMILES string of the molecule is COc1ccccc1N1C(=O)C(Nc2ccc(N3CCC(C)CC3)cc2)=C(c2ccccc2)C1=O. The van der Waals surface area contributed by atoms with E-state index in [2.05, 4.69) is 29.3 Å². The van der Waals surface area contributed by atoms with Gasteiger partial charge < -0.3 is 15.0 Å². The summed E-state index contributed by atoms with van der Waals surface area (Å²) >= 11 is 0. The van der Waals surface area contributed by atoms with Crippen LogP contribution in [0.25, 0.3) is 5.57 Å². The Hall–Kier alpha value is -4.06. The smallest absolute Gasteiger partial charge is 0.282 e. The minimum absolute atomic E-state index is 0.256. The van der Waals surface area contributed by atoms with Crippen molar-refractivity contribution in [3.63, 3.8) is 0 Å². The molecule has 2 aliphatic heterocycles. The van der Waals surface area contributed by atoms with Crippen LogP contribution in [0.15, 0.2) is 84.6 Å². The van der Waals surface area contributed by atoms with Crippen LogP contribution in [0.2, 0.25) is 0 Å². The van der Waals surface area contributed by atoms with Gasteiger partial charge in [0.05, 0.1) is 18.4 Å². The van der Waals surface area contributed by atoms with Crippen molar-refractivity contribution in [1.82, 2.24) is 0 Å². The lowest BCUT2D eigenvalue weighted by atomic mass is 9.99. The van der Waals surface area contributed by atoms with Gasteiger partial charge in [0.15, 0.2) is 0 Å². The van der Waals surface area contributed by atoms with Crippen molar-refractivity contribution in [2.45, 2.75) is 19.8 Å². The lowest BCUT2D eigenvalue weighted by Gasteiger charge is -2.32. The molecule has 2 heterocycles. The van der Waals surface area contributed by atoms with E-state index in [1.54, 1.807) is 18.2 Å². The number of para-hydroxylation sites is 2. The summed E-state index contributed by atoms with van der Waals surface area (Å²) in [4.78, 5) is 30.8. The minimum atomic E-state index is -0.410. The Bertz CT molecular complexity index is 1260. The van der Waals surface area contributed by atoms with Gasteiger partial charge in [-0.25, -0.2) is 4.90 Å². The van der Waals surface area contributed by atoms with Crippen LogP contribution in [0.1, 0.15) is 25.3 Å². The molecular formula is C29H29N3O3. The maximum atomic E-state index is 13.6. The van der Waals surface area contributed by atoms with Crippen LogP contribution in [0.3, 0.4) is 0 Å². The maximum Gasteiger partial charge on any atom is 0.282 e. The van der Waals surface area contributed by atoms with E-state index in [9.17, 15) is 9.59 Å². The number of hydrogen-bond donors (Lipinski definition) is 1. The van der Waals surface area contributed by atoms with Crippen LogP contribution in [0.5, 0.6) is 5.75 Å². The van der Waals surface area contributed by atoms with Crippen molar-refractivity contribution < 1.29 is 14.3 Å². The van der Waals surface area contributed by atoms with Crippen LogP contribution in [-0.2, 0) is 9.59 Å². The van der Waals surface area contributed by atoms with Gasteiger partial charge >= 0.3 is 0 Å². The molecule has 0 atom stereocenters. The Morgan fingerprint density at radius 3 is 2.17 bits per heavy atom. The number of carbonyl (C=O) groups excluding carboxylic acids is 2. The summed E-state index contributed by atoms with van der Waals surface area (Å²) < 4.78 is 5.44. The molecule has 0 bridgehead atoms. The number of benzene rings is 3. The predicted molar refractivity (Wildman–Crippen MR) is 140 cm³/mol. The molecule has 0 aliphatic carbocycles. The number of nitrogens with zero attached hydrogens (tertiary/aromatic N) is 2. The third-order valence-electron chi connectivity index (χ3n) is 6.76. The normalized spacial score (nSPS) is 16.7. The van der Waals surface area contributed by atoms with Crippen molar-refractivity contribution >= 4 is 34.4 Å². The summed E-state index contributed by atoms with van der Waals surface area (Å²) in [5, 5.41) is 3.25. The summed E-state index contributed by atoms with van der Waals surface area (Å²) in [7, 11) is 1.53. The highest BCUT2D eigenvalue weighted by Crippen LogP contribution is 2.37. The molecule has 1 saturated heterocycles. The Labute approximate surface area is 205 Å². The Kier molecular flexibility index (Phi) is 6.27. The summed E-state index contributed by atoms with van der Waals surface area (Å²) in [6.45, 7) is 4.41.